The Hall–Kier alpha value is -1.10. The fourth-order valence-electron chi connectivity index (χ4n) is 1.77. The van der Waals surface area contributed by atoms with Crippen LogP contribution in [0.2, 0.25) is 0 Å². The van der Waals surface area contributed by atoms with E-state index in [1.807, 2.05) is 12.1 Å². The Morgan fingerprint density at radius 1 is 1.50 bits per heavy atom. The third-order valence-electron chi connectivity index (χ3n) is 2.64. The Balaban J connectivity index is 2.04. The summed E-state index contributed by atoms with van der Waals surface area (Å²) in [5, 5.41) is 4.25. The van der Waals surface area contributed by atoms with Gasteiger partial charge in [0.1, 0.15) is 5.76 Å². The van der Waals surface area contributed by atoms with Crippen LogP contribution in [-0.4, -0.2) is 18.5 Å². The summed E-state index contributed by atoms with van der Waals surface area (Å²) in [5.41, 5.74) is 7.11. The molecular formula is C12H16N2OS. The van der Waals surface area contributed by atoms with Crippen molar-refractivity contribution in [3.05, 3.63) is 46.5 Å². The SMILES string of the molecule is CN(Cc1ccsc1)C(CN)c1ccco1. The molecule has 0 aliphatic rings. The average Bonchev–Trinajstić information content (AvgIpc) is 2.91. The molecule has 0 aromatic carbocycles. The summed E-state index contributed by atoms with van der Waals surface area (Å²) >= 11 is 1.72. The number of thiophene rings is 1. The van der Waals surface area contributed by atoms with Gasteiger partial charge in [0, 0.05) is 13.1 Å². The number of furan rings is 1. The predicted molar refractivity (Wildman–Crippen MR) is 66.3 cm³/mol. The van der Waals surface area contributed by atoms with E-state index >= 15 is 0 Å². The quantitative estimate of drug-likeness (QED) is 0.867. The van der Waals surface area contributed by atoms with Crippen LogP contribution in [0.1, 0.15) is 17.4 Å². The molecule has 0 fully saturated rings. The van der Waals surface area contributed by atoms with E-state index in [4.69, 9.17) is 10.2 Å². The van der Waals surface area contributed by atoms with E-state index in [1.165, 1.54) is 5.56 Å². The molecule has 1 unspecified atom stereocenters. The molecule has 3 nitrogen and oxygen atoms in total. The lowest BCUT2D eigenvalue weighted by Crippen LogP contribution is -2.29. The summed E-state index contributed by atoms with van der Waals surface area (Å²) in [5.74, 6) is 0.931. The molecule has 2 aromatic rings. The standard InChI is InChI=1S/C12H16N2OS/c1-14(8-10-4-6-16-9-10)11(7-13)12-3-2-5-15-12/h2-6,9,11H,7-8,13H2,1H3. The third-order valence-corrected chi connectivity index (χ3v) is 3.37. The number of rotatable bonds is 5. The zero-order chi connectivity index (χ0) is 11.4. The second-order valence-corrected chi connectivity index (χ2v) is 4.59. The molecular weight excluding hydrogens is 220 g/mol. The van der Waals surface area contributed by atoms with E-state index < -0.39 is 0 Å². The minimum atomic E-state index is 0.148. The second kappa shape index (κ2) is 5.30. The van der Waals surface area contributed by atoms with Crippen LogP contribution in [0, 0.1) is 0 Å². The monoisotopic (exact) mass is 236 g/mol. The zero-order valence-corrected chi connectivity index (χ0v) is 10.1. The number of nitrogens with zero attached hydrogens (tertiary/aromatic N) is 1. The molecule has 0 saturated carbocycles. The van der Waals surface area contributed by atoms with Crippen LogP contribution in [-0.2, 0) is 6.54 Å². The average molecular weight is 236 g/mol. The van der Waals surface area contributed by atoms with Crippen LogP contribution in [0.15, 0.2) is 39.6 Å². The molecule has 2 heterocycles. The second-order valence-electron chi connectivity index (χ2n) is 3.81. The maximum Gasteiger partial charge on any atom is 0.122 e. The topological polar surface area (TPSA) is 42.4 Å². The van der Waals surface area contributed by atoms with Crippen LogP contribution in [0.4, 0.5) is 0 Å². The molecule has 0 bridgehead atoms. The third kappa shape index (κ3) is 2.52. The highest BCUT2D eigenvalue weighted by atomic mass is 32.1. The van der Waals surface area contributed by atoms with Gasteiger partial charge in [-0.15, -0.1) is 0 Å². The van der Waals surface area contributed by atoms with Crippen molar-refractivity contribution in [2.75, 3.05) is 13.6 Å². The van der Waals surface area contributed by atoms with Crippen LogP contribution in [0.3, 0.4) is 0 Å². The molecule has 0 amide bonds. The zero-order valence-electron chi connectivity index (χ0n) is 9.30. The highest BCUT2D eigenvalue weighted by Crippen LogP contribution is 2.21. The summed E-state index contributed by atoms with van der Waals surface area (Å²) < 4.78 is 5.41. The van der Waals surface area contributed by atoms with Crippen LogP contribution < -0.4 is 5.73 Å². The molecule has 2 rings (SSSR count). The molecule has 0 saturated heterocycles. The number of likely N-dealkylation sites (N-methyl/N-ethyl adjacent to an activating group) is 1. The van der Waals surface area contributed by atoms with Crippen molar-refractivity contribution in [2.45, 2.75) is 12.6 Å². The molecule has 0 radical (unpaired) electrons. The summed E-state index contributed by atoms with van der Waals surface area (Å²) in [6, 6.07) is 6.16. The maximum atomic E-state index is 5.79. The van der Waals surface area contributed by atoms with E-state index in [0.717, 1.165) is 12.3 Å². The molecule has 2 aromatic heterocycles. The van der Waals surface area contributed by atoms with E-state index in [2.05, 4.69) is 28.8 Å². The van der Waals surface area contributed by atoms with E-state index in [9.17, 15) is 0 Å². The summed E-state index contributed by atoms with van der Waals surface area (Å²) in [4.78, 5) is 2.21. The van der Waals surface area contributed by atoms with Gasteiger partial charge in [0.2, 0.25) is 0 Å². The largest absolute Gasteiger partial charge is 0.468 e. The normalized spacial score (nSPS) is 13.2. The van der Waals surface area contributed by atoms with Gasteiger partial charge in [-0.1, -0.05) is 0 Å². The van der Waals surface area contributed by atoms with Gasteiger partial charge >= 0.3 is 0 Å². The first-order valence-electron chi connectivity index (χ1n) is 5.26. The summed E-state index contributed by atoms with van der Waals surface area (Å²) in [7, 11) is 2.07. The van der Waals surface area contributed by atoms with Gasteiger partial charge in [-0.3, -0.25) is 4.90 Å². The van der Waals surface area contributed by atoms with Crippen LogP contribution in [0.25, 0.3) is 0 Å². The number of nitrogens with two attached hydrogens (primary N) is 1. The van der Waals surface area contributed by atoms with Gasteiger partial charge in [0.15, 0.2) is 0 Å². The van der Waals surface area contributed by atoms with Gasteiger partial charge in [0.05, 0.1) is 12.3 Å². The van der Waals surface area contributed by atoms with Crippen molar-refractivity contribution in [1.82, 2.24) is 4.90 Å². The van der Waals surface area contributed by atoms with Crippen molar-refractivity contribution in [2.24, 2.45) is 5.73 Å². The van der Waals surface area contributed by atoms with E-state index in [0.29, 0.717) is 6.54 Å². The van der Waals surface area contributed by atoms with Crippen molar-refractivity contribution >= 4 is 11.3 Å². The fourth-order valence-corrected chi connectivity index (χ4v) is 2.43. The minimum Gasteiger partial charge on any atom is -0.468 e. The highest BCUT2D eigenvalue weighted by Gasteiger charge is 2.17. The van der Waals surface area contributed by atoms with Crippen molar-refractivity contribution < 1.29 is 4.42 Å². The molecule has 86 valence electrons. The Kier molecular flexibility index (Phi) is 3.77. The molecule has 4 heteroatoms. The Bertz CT molecular complexity index is 397. The summed E-state index contributed by atoms with van der Waals surface area (Å²) in [6.07, 6.45) is 1.69. The molecule has 1 atom stereocenters. The molecule has 0 aliphatic heterocycles. The van der Waals surface area contributed by atoms with Gasteiger partial charge in [-0.25, -0.2) is 0 Å². The van der Waals surface area contributed by atoms with Crippen molar-refractivity contribution in [1.29, 1.82) is 0 Å². The van der Waals surface area contributed by atoms with Crippen molar-refractivity contribution in [3.63, 3.8) is 0 Å². The highest BCUT2D eigenvalue weighted by molar-refractivity contribution is 7.07. The van der Waals surface area contributed by atoms with E-state index in [1.54, 1.807) is 17.6 Å². The van der Waals surface area contributed by atoms with Crippen molar-refractivity contribution in [3.8, 4) is 0 Å². The van der Waals surface area contributed by atoms with Gasteiger partial charge in [-0.2, -0.15) is 11.3 Å². The van der Waals surface area contributed by atoms with Crippen LogP contribution in [0.5, 0.6) is 0 Å². The van der Waals surface area contributed by atoms with Gasteiger partial charge in [-0.05, 0) is 41.6 Å². The first kappa shape index (κ1) is 11.4. The first-order valence-corrected chi connectivity index (χ1v) is 6.20. The summed E-state index contributed by atoms with van der Waals surface area (Å²) in [6.45, 7) is 1.46. The Morgan fingerprint density at radius 3 is 2.94 bits per heavy atom. The Morgan fingerprint density at radius 2 is 2.38 bits per heavy atom. The molecule has 2 N–H and O–H groups in total. The smallest absolute Gasteiger partial charge is 0.122 e. The predicted octanol–water partition coefficient (Wildman–Crippen LogP) is 2.47. The Labute approximate surface area is 99.5 Å². The maximum absolute atomic E-state index is 5.79. The molecule has 0 spiro atoms. The fraction of sp³-hybridized carbons (Fsp3) is 0.333. The van der Waals surface area contributed by atoms with Gasteiger partial charge in [0.25, 0.3) is 0 Å². The van der Waals surface area contributed by atoms with Crippen LogP contribution >= 0.6 is 11.3 Å². The lowest BCUT2D eigenvalue weighted by Gasteiger charge is -2.24. The molecule has 16 heavy (non-hydrogen) atoms. The lowest BCUT2D eigenvalue weighted by atomic mass is 10.2. The van der Waals surface area contributed by atoms with Gasteiger partial charge < -0.3 is 10.2 Å². The molecule has 0 aliphatic carbocycles. The lowest BCUT2D eigenvalue weighted by molar-refractivity contribution is 0.213. The number of hydrogen-bond acceptors (Lipinski definition) is 4. The first-order chi connectivity index (χ1) is 7.81. The minimum absolute atomic E-state index is 0.148. The number of hydrogen-bond donors (Lipinski definition) is 1. The van der Waals surface area contributed by atoms with E-state index in [-0.39, 0.29) is 6.04 Å².